The Morgan fingerprint density at radius 3 is 3.10 bits per heavy atom. The molecule has 1 N–H and O–H groups in total. The van der Waals surface area contributed by atoms with E-state index in [4.69, 9.17) is 4.52 Å². The maximum Gasteiger partial charge on any atom is 0.246 e. The maximum atomic E-state index is 12.5. The van der Waals surface area contributed by atoms with Crippen molar-refractivity contribution in [2.45, 2.75) is 39.0 Å². The molecule has 6 nitrogen and oxygen atoms in total. The first-order chi connectivity index (χ1) is 10.1. The Morgan fingerprint density at radius 1 is 1.57 bits per heavy atom. The lowest BCUT2D eigenvalue weighted by Crippen LogP contribution is -2.50. The van der Waals surface area contributed by atoms with Gasteiger partial charge in [0, 0.05) is 6.54 Å². The zero-order valence-electron chi connectivity index (χ0n) is 13.0. The number of thioether (sulfide) groups is 1. The molecule has 0 aromatic carbocycles. The zero-order chi connectivity index (χ0) is 15.3. The summed E-state index contributed by atoms with van der Waals surface area (Å²) >= 11 is 1.64. The Morgan fingerprint density at radius 2 is 2.38 bits per heavy atom. The second-order valence-corrected chi connectivity index (χ2v) is 6.62. The molecule has 7 heteroatoms. The molecule has 1 aliphatic heterocycles. The van der Waals surface area contributed by atoms with Crippen LogP contribution in [0.1, 0.15) is 38.4 Å². The van der Waals surface area contributed by atoms with Gasteiger partial charge in [0.2, 0.25) is 11.8 Å². The van der Waals surface area contributed by atoms with Crippen LogP contribution in [-0.4, -0.2) is 46.8 Å². The lowest BCUT2D eigenvalue weighted by atomic mass is 9.81. The lowest BCUT2D eigenvalue weighted by Gasteiger charge is -2.38. The van der Waals surface area contributed by atoms with Crippen LogP contribution in [0.4, 0.5) is 0 Å². The summed E-state index contributed by atoms with van der Waals surface area (Å²) in [4.78, 5) is 19.0. The summed E-state index contributed by atoms with van der Waals surface area (Å²) in [7, 11) is 0. The van der Waals surface area contributed by atoms with Gasteiger partial charge in [-0.25, -0.2) is 0 Å². The second-order valence-electron chi connectivity index (χ2n) is 5.75. The fourth-order valence-electron chi connectivity index (χ4n) is 2.72. The molecule has 1 aromatic rings. The van der Waals surface area contributed by atoms with Gasteiger partial charge in [0.05, 0.1) is 17.7 Å². The number of aromatic nitrogens is 2. The molecule has 1 atom stereocenters. The monoisotopic (exact) mass is 312 g/mol. The quantitative estimate of drug-likeness (QED) is 0.861. The van der Waals surface area contributed by atoms with E-state index in [9.17, 15) is 4.79 Å². The number of nitrogens with one attached hydrogen (secondary N) is 1. The Bertz CT molecular complexity index is 479. The van der Waals surface area contributed by atoms with Crippen LogP contribution in [0.5, 0.6) is 0 Å². The number of hydrogen-bond acceptors (Lipinski definition) is 6. The van der Waals surface area contributed by atoms with Crippen molar-refractivity contribution in [3.63, 3.8) is 0 Å². The van der Waals surface area contributed by atoms with Crippen LogP contribution in [0.15, 0.2) is 4.52 Å². The summed E-state index contributed by atoms with van der Waals surface area (Å²) in [6, 6.07) is 0. The second kappa shape index (κ2) is 7.26. The molecular weight excluding hydrogens is 288 g/mol. The number of carbonyl (C=O) groups excluding carboxylic acids is 1. The van der Waals surface area contributed by atoms with Gasteiger partial charge in [-0.3, -0.25) is 4.79 Å². The Balaban J connectivity index is 1.88. The molecular formula is C14H24N4O2S. The van der Waals surface area contributed by atoms with E-state index in [0.717, 1.165) is 38.2 Å². The van der Waals surface area contributed by atoms with Crippen molar-refractivity contribution in [1.29, 1.82) is 0 Å². The van der Waals surface area contributed by atoms with Gasteiger partial charge in [-0.05, 0) is 39.1 Å². The molecule has 0 bridgehead atoms. The molecule has 1 aliphatic rings. The summed E-state index contributed by atoms with van der Waals surface area (Å²) in [6.45, 7) is 7.37. The van der Waals surface area contributed by atoms with Gasteiger partial charge in [-0.15, -0.1) is 0 Å². The van der Waals surface area contributed by atoms with E-state index in [0.29, 0.717) is 18.3 Å². The van der Waals surface area contributed by atoms with E-state index in [1.54, 1.807) is 11.8 Å². The normalized spacial score (nSPS) is 23.2. The Labute approximate surface area is 130 Å². The summed E-state index contributed by atoms with van der Waals surface area (Å²) in [5.74, 6) is 1.94. The summed E-state index contributed by atoms with van der Waals surface area (Å²) < 4.78 is 5.13. The molecule has 1 amide bonds. The highest BCUT2D eigenvalue weighted by molar-refractivity contribution is 7.97. The molecule has 2 rings (SSSR count). The minimum absolute atomic E-state index is 0.0743. The van der Waals surface area contributed by atoms with E-state index < -0.39 is 0 Å². The molecule has 0 saturated carbocycles. The van der Waals surface area contributed by atoms with Crippen molar-refractivity contribution in [3.8, 4) is 0 Å². The number of hydrogen-bond donors (Lipinski definition) is 1. The molecule has 21 heavy (non-hydrogen) atoms. The third-order valence-electron chi connectivity index (χ3n) is 3.95. The van der Waals surface area contributed by atoms with Crippen LogP contribution < -0.4 is 5.32 Å². The third-order valence-corrected chi connectivity index (χ3v) is 4.50. The van der Waals surface area contributed by atoms with Crippen molar-refractivity contribution in [1.82, 2.24) is 20.4 Å². The van der Waals surface area contributed by atoms with Crippen LogP contribution >= 0.6 is 11.8 Å². The van der Waals surface area contributed by atoms with Crippen molar-refractivity contribution < 1.29 is 9.32 Å². The van der Waals surface area contributed by atoms with Crippen LogP contribution in [0.3, 0.4) is 0 Å². The standard InChI is InChI=1S/C14H24N4O2S/c1-4-18-7-5-6-14(2,10-18)13(19)15-8-12-16-11(9-21-3)17-20-12/h4-10H2,1-3H3,(H,15,19)/t14-/m1/s1. The minimum Gasteiger partial charge on any atom is -0.347 e. The first-order valence-corrected chi connectivity index (χ1v) is 8.78. The number of piperidine rings is 1. The van der Waals surface area contributed by atoms with Crippen LogP contribution in [0.25, 0.3) is 0 Å². The zero-order valence-corrected chi connectivity index (χ0v) is 13.8. The highest BCUT2D eigenvalue weighted by atomic mass is 32.2. The van der Waals surface area contributed by atoms with Gasteiger partial charge in [-0.1, -0.05) is 12.1 Å². The van der Waals surface area contributed by atoms with Gasteiger partial charge >= 0.3 is 0 Å². The number of rotatable bonds is 6. The topological polar surface area (TPSA) is 71.3 Å². The molecule has 1 saturated heterocycles. The SMILES string of the molecule is CCN1CCC[C@@](C)(C(=O)NCc2nc(CSC)no2)C1. The van der Waals surface area contributed by atoms with Gasteiger partial charge in [-0.2, -0.15) is 16.7 Å². The van der Waals surface area contributed by atoms with Crippen LogP contribution in [-0.2, 0) is 17.1 Å². The van der Waals surface area contributed by atoms with Crippen molar-refractivity contribution >= 4 is 17.7 Å². The molecule has 118 valence electrons. The van der Waals surface area contributed by atoms with E-state index >= 15 is 0 Å². The third kappa shape index (κ3) is 4.20. The summed E-state index contributed by atoms with van der Waals surface area (Å²) in [6.07, 6.45) is 3.98. The number of nitrogens with zero attached hydrogens (tertiary/aromatic N) is 3. The van der Waals surface area contributed by atoms with Crippen molar-refractivity contribution in [3.05, 3.63) is 11.7 Å². The van der Waals surface area contributed by atoms with Gasteiger partial charge < -0.3 is 14.7 Å². The largest absolute Gasteiger partial charge is 0.347 e. The van der Waals surface area contributed by atoms with Crippen molar-refractivity contribution in [2.75, 3.05) is 25.9 Å². The molecule has 0 aliphatic carbocycles. The minimum atomic E-state index is -0.323. The molecule has 0 unspecified atom stereocenters. The summed E-state index contributed by atoms with van der Waals surface area (Å²) in [5.41, 5.74) is -0.323. The van der Waals surface area contributed by atoms with E-state index in [2.05, 4.69) is 27.3 Å². The fourth-order valence-corrected chi connectivity index (χ4v) is 3.09. The highest BCUT2D eigenvalue weighted by Crippen LogP contribution is 2.29. The predicted octanol–water partition coefficient (Wildman–Crippen LogP) is 1.67. The van der Waals surface area contributed by atoms with E-state index in [-0.39, 0.29) is 11.3 Å². The average molecular weight is 312 g/mol. The molecule has 1 aromatic heterocycles. The van der Waals surface area contributed by atoms with Gasteiger partial charge in [0.15, 0.2) is 5.82 Å². The number of amides is 1. The summed E-state index contributed by atoms with van der Waals surface area (Å²) in [5, 5.41) is 6.81. The first kappa shape index (κ1) is 16.3. The van der Waals surface area contributed by atoms with E-state index in [1.807, 2.05) is 13.2 Å². The highest BCUT2D eigenvalue weighted by Gasteiger charge is 2.37. The fraction of sp³-hybridized carbons (Fsp3) is 0.786. The van der Waals surface area contributed by atoms with E-state index in [1.165, 1.54) is 0 Å². The van der Waals surface area contributed by atoms with Gasteiger partial charge in [0.25, 0.3) is 0 Å². The van der Waals surface area contributed by atoms with Crippen LogP contribution in [0.2, 0.25) is 0 Å². The first-order valence-electron chi connectivity index (χ1n) is 7.38. The number of carbonyl (C=O) groups is 1. The molecule has 0 radical (unpaired) electrons. The smallest absolute Gasteiger partial charge is 0.246 e. The van der Waals surface area contributed by atoms with Crippen LogP contribution in [0, 0.1) is 5.41 Å². The van der Waals surface area contributed by atoms with Gasteiger partial charge in [0.1, 0.15) is 0 Å². The molecule has 2 heterocycles. The molecule has 1 fully saturated rings. The Kier molecular flexibility index (Phi) is 5.64. The number of likely N-dealkylation sites (tertiary alicyclic amines) is 1. The predicted molar refractivity (Wildman–Crippen MR) is 82.8 cm³/mol. The maximum absolute atomic E-state index is 12.5. The lowest BCUT2D eigenvalue weighted by molar-refractivity contribution is -0.133. The average Bonchev–Trinajstić information content (AvgIpc) is 2.92. The Hall–Kier alpha value is -1.08. The van der Waals surface area contributed by atoms with Crippen molar-refractivity contribution in [2.24, 2.45) is 5.41 Å². The molecule has 0 spiro atoms.